The van der Waals surface area contributed by atoms with Gasteiger partial charge in [-0.15, -0.1) is 11.8 Å². The Kier molecular flexibility index (Phi) is 4.97. The van der Waals surface area contributed by atoms with Gasteiger partial charge in [0.25, 0.3) is 0 Å². The zero-order valence-corrected chi connectivity index (χ0v) is 14.0. The molecule has 3 aromatic heterocycles. The number of aromatic nitrogens is 4. The number of anilines is 2. The fraction of sp³-hybridized carbons (Fsp3) is 0.312. The summed E-state index contributed by atoms with van der Waals surface area (Å²) >= 11 is 1.64. The Labute approximate surface area is 139 Å². The summed E-state index contributed by atoms with van der Waals surface area (Å²) in [6.45, 7) is 3.81. The Bertz CT molecular complexity index is 755. The molecule has 0 aliphatic rings. The second-order valence-electron chi connectivity index (χ2n) is 5.40. The van der Waals surface area contributed by atoms with E-state index in [9.17, 15) is 0 Å². The molecule has 0 fully saturated rings. The summed E-state index contributed by atoms with van der Waals surface area (Å²) in [7, 11) is 0. The van der Waals surface area contributed by atoms with Crippen LogP contribution in [0.1, 0.15) is 6.92 Å². The van der Waals surface area contributed by atoms with Crippen LogP contribution in [0.15, 0.2) is 47.9 Å². The van der Waals surface area contributed by atoms with Gasteiger partial charge in [-0.1, -0.05) is 6.92 Å². The molecule has 3 heterocycles. The van der Waals surface area contributed by atoms with Crippen molar-refractivity contribution >= 4 is 29.2 Å². The quantitative estimate of drug-likeness (QED) is 0.650. The predicted molar refractivity (Wildman–Crippen MR) is 95.1 cm³/mol. The highest BCUT2D eigenvalue weighted by molar-refractivity contribution is 7.98. The fourth-order valence-electron chi connectivity index (χ4n) is 2.14. The zero-order chi connectivity index (χ0) is 16.1. The van der Waals surface area contributed by atoms with Gasteiger partial charge in [0.1, 0.15) is 11.5 Å². The first-order valence-corrected chi connectivity index (χ1v) is 8.74. The maximum absolute atomic E-state index is 4.55. The van der Waals surface area contributed by atoms with E-state index in [0.717, 1.165) is 29.5 Å². The normalized spacial score (nSPS) is 12.3. The molecule has 1 atom stereocenters. The maximum Gasteiger partial charge on any atom is 0.222 e. The molecule has 2 N–H and O–H groups in total. The summed E-state index contributed by atoms with van der Waals surface area (Å²) < 4.78 is 1.99. The number of thioether (sulfide) groups is 1. The van der Waals surface area contributed by atoms with Gasteiger partial charge in [0.2, 0.25) is 5.95 Å². The molecule has 3 aromatic rings. The van der Waals surface area contributed by atoms with Crippen LogP contribution < -0.4 is 10.6 Å². The molecule has 0 aliphatic heterocycles. The maximum atomic E-state index is 4.55. The molecular formula is C16H20N6S. The molecule has 3 rings (SSSR count). The van der Waals surface area contributed by atoms with Crippen LogP contribution in [0.3, 0.4) is 0 Å². The summed E-state index contributed by atoms with van der Waals surface area (Å²) in [4.78, 5) is 14.2. The molecular weight excluding hydrogens is 308 g/mol. The van der Waals surface area contributed by atoms with Crippen molar-refractivity contribution in [2.45, 2.75) is 11.8 Å². The van der Waals surface area contributed by atoms with E-state index in [2.05, 4.69) is 32.5 Å². The summed E-state index contributed by atoms with van der Waals surface area (Å²) in [5, 5.41) is 6.63. The fourth-order valence-corrected chi connectivity index (χ4v) is 2.46. The van der Waals surface area contributed by atoms with Gasteiger partial charge in [-0.25, -0.2) is 15.0 Å². The minimum atomic E-state index is 0.420. The highest BCUT2D eigenvalue weighted by atomic mass is 32.2. The zero-order valence-electron chi connectivity index (χ0n) is 13.2. The van der Waals surface area contributed by atoms with Crippen LogP contribution >= 0.6 is 11.8 Å². The van der Waals surface area contributed by atoms with E-state index in [4.69, 9.17) is 0 Å². The Morgan fingerprint density at radius 1 is 1.13 bits per heavy atom. The first-order chi connectivity index (χ1) is 11.2. The summed E-state index contributed by atoms with van der Waals surface area (Å²) in [6.07, 6.45) is 9.67. The second kappa shape index (κ2) is 7.32. The first kappa shape index (κ1) is 15.6. The van der Waals surface area contributed by atoms with E-state index in [1.165, 1.54) is 0 Å². The monoisotopic (exact) mass is 328 g/mol. The van der Waals surface area contributed by atoms with E-state index in [-0.39, 0.29) is 0 Å². The van der Waals surface area contributed by atoms with Crippen LogP contribution in [-0.4, -0.2) is 38.7 Å². The van der Waals surface area contributed by atoms with Gasteiger partial charge in [-0.2, -0.15) is 0 Å². The molecule has 7 heteroatoms. The third kappa shape index (κ3) is 4.13. The number of fused-ring (bicyclic) bond motifs is 1. The third-order valence-corrected chi connectivity index (χ3v) is 4.17. The number of rotatable bonds is 7. The van der Waals surface area contributed by atoms with E-state index < -0.39 is 0 Å². The lowest BCUT2D eigenvalue weighted by molar-refractivity contribution is 0.644. The molecule has 0 bridgehead atoms. The molecule has 120 valence electrons. The first-order valence-electron chi connectivity index (χ1n) is 7.52. The minimum Gasteiger partial charge on any atom is -0.370 e. The molecule has 0 spiro atoms. The van der Waals surface area contributed by atoms with Crippen molar-refractivity contribution in [2.24, 2.45) is 5.92 Å². The van der Waals surface area contributed by atoms with E-state index in [1.54, 1.807) is 11.8 Å². The van der Waals surface area contributed by atoms with Crippen molar-refractivity contribution in [1.82, 2.24) is 19.4 Å². The van der Waals surface area contributed by atoms with Gasteiger partial charge in [0, 0.05) is 42.8 Å². The van der Waals surface area contributed by atoms with Gasteiger partial charge < -0.3 is 15.0 Å². The van der Waals surface area contributed by atoms with E-state index >= 15 is 0 Å². The van der Waals surface area contributed by atoms with Crippen LogP contribution in [0.25, 0.3) is 5.65 Å². The molecule has 23 heavy (non-hydrogen) atoms. The van der Waals surface area contributed by atoms with Gasteiger partial charge in [-0.05, 0) is 30.4 Å². The molecule has 6 nitrogen and oxygen atoms in total. The lowest BCUT2D eigenvalue weighted by atomic mass is 10.2. The molecule has 0 saturated heterocycles. The predicted octanol–water partition coefficient (Wildman–Crippen LogP) is 3.01. The van der Waals surface area contributed by atoms with Crippen LogP contribution in [0, 0.1) is 5.92 Å². The molecule has 0 amide bonds. The average molecular weight is 328 g/mol. The van der Waals surface area contributed by atoms with Crippen LogP contribution in [0.2, 0.25) is 0 Å². The number of hydrogen-bond donors (Lipinski definition) is 2. The minimum absolute atomic E-state index is 0.420. The lowest BCUT2D eigenvalue weighted by Crippen LogP contribution is -2.21. The van der Waals surface area contributed by atoms with Gasteiger partial charge >= 0.3 is 0 Å². The summed E-state index contributed by atoms with van der Waals surface area (Å²) in [5.74, 6) is 1.98. The van der Waals surface area contributed by atoms with Crippen molar-refractivity contribution in [3.8, 4) is 0 Å². The molecule has 0 aromatic carbocycles. The number of hydrogen-bond acceptors (Lipinski definition) is 6. The Morgan fingerprint density at radius 2 is 1.91 bits per heavy atom. The standard InChI is InChI=1S/C16H20N6S/c1-12(9-18-16-19-10-13(23-2)11-20-16)8-17-14-5-7-22-6-3-4-15(22)21-14/h3-7,10-12H,8-9H2,1-2H3,(H,17,21)(H,18,19,20). The Morgan fingerprint density at radius 3 is 2.70 bits per heavy atom. The Balaban J connectivity index is 1.47. The van der Waals surface area contributed by atoms with Gasteiger partial charge in [0.15, 0.2) is 0 Å². The van der Waals surface area contributed by atoms with Crippen molar-refractivity contribution in [3.63, 3.8) is 0 Å². The van der Waals surface area contributed by atoms with Crippen molar-refractivity contribution < 1.29 is 0 Å². The Hall–Kier alpha value is -2.28. The molecule has 0 radical (unpaired) electrons. The largest absolute Gasteiger partial charge is 0.370 e. The third-order valence-electron chi connectivity index (χ3n) is 3.49. The van der Waals surface area contributed by atoms with Gasteiger partial charge in [0.05, 0.1) is 0 Å². The van der Waals surface area contributed by atoms with Crippen molar-refractivity contribution in [1.29, 1.82) is 0 Å². The smallest absolute Gasteiger partial charge is 0.222 e. The topological polar surface area (TPSA) is 67.1 Å². The number of nitrogens with zero attached hydrogens (tertiary/aromatic N) is 4. The van der Waals surface area contributed by atoms with E-state index in [0.29, 0.717) is 11.9 Å². The SMILES string of the molecule is CSc1cnc(NCC(C)CNc2ccn3cccc3n2)nc1. The molecule has 1 unspecified atom stereocenters. The average Bonchev–Trinajstić information content (AvgIpc) is 3.06. The van der Waals surface area contributed by atoms with Gasteiger partial charge in [-0.3, -0.25) is 0 Å². The lowest BCUT2D eigenvalue weighted by Gasteiger charge is -2.14. The molecule has 0 saturated carbocycles. The second-order valence-corrected chi connectivity index (χ2v) is 6.28. The molecule has 0 aliphatic carbocycles. The van der Waals surface area contributed by atoms with Crippen LogP contribution in [-0.2, 0) is 0 Å². The van der Waals surface area contributed by atoms with Crippen molar-refractivity contribution in [2.75, 3.05) is 30.0 Å². The van der Waals surface area contributed by atoms with Crippen LogP contribution in [0.4, 0.5) is 11.8 Å². The highest BCUT2D eigenvalue weighted by Crippen LogP contribution is 2.12. The van der Waals surface area contributed by atoms with Crippen LogP contribution in [0.5, 0.6) is 0 Å². The summed E-state index contributed by atoms with van der Waals surface area (Å²) in [5.41, 5.74) is 0.947. The number of nitrogens with one attached hydrogen (secondary N) is 2. The van der Waals surface area contributed by atoms with Crippen molar-refractivity contribution in [3.05, 3.63) is 43.0 Å². The highest BCUT2D eigenvalue weighted by Gasteiger charge is 2.05. The van der Waals surface area contributed by atoms with E-state index in [1.807, 2.05) is 53.6 Å². The summed E-state index contributed by atoms with van der Waals surface area (Å²) in [6, 6.07) is 5.96.